The number of nitrogens with zero attached hydrogens (tertiary/aromatic N) is 7. The molecule has 1 fully saturated rings. The topological polar surface area (TPSA) is 63.0 Å². The van der Waals surface area contributed by atoms with Crippen LogP contribution in [0.3, 0.4) is 0 Å². The molecular weight excluding hydrogens is 381 g/mol. The van der Waals surface area contributed by atoms with Crippen molar-refractivity contribution in [3.63, 3.8) is 0 Å². The summed E-state index contributed by atoms with van der Waals surface area (Å²) >= 11 is 0. The van der Waals surface area contributed by atoms with Gasteiger partial charge in [-0.05, 0) is 37.8 Å². The van der Waals surface area contributed by atoms with E-state index < -0.39 is 6.17 Å². The summed E-state index contributed by atoms with van der Waals surface area (Å²) in [6, 6.07) is 3.92. The molecule has 0 aromatic carbocycles. The third kappa shape index (κ3) is 3.53. The monoisotopic (exact) mass is 405 g/mol. The fourth-order valence-corrected chi connectivity index (χ4v) is 4.08. The molecule has 1 atom stereocenters. The predicted molar refractivity (Wildman–Crippen MR) is 114 cm³/mol. The molecule has 30 heavy (non-hydrogen) atoms. The molecule has 3 aromatic rings. The van der Waals surface area contributed by atoms with E-state index in [1.54, 1.807) is 23.3 Å². The van der Waals surface area contributed by atoms with E-state index in [2.05, 4.69) is 31.3 Å². The largest absolute Gasteiger partial charge is 0.355 e. The molecule has 0 spiro atoms. The van der Waals surface area contributed by atoms with Gasteiger partial charge in [-0.2, -0.15) is 5.10 Å². The van der Waals surface area contributed by atoms with Crippen LogP contribution in [0.5, 0.6) is 0 Å². The first-order chi connectivity index (χ1) is 14.7. The van der Waals surface area contributed by atoms with Crippen LogP contribution in [0.4, 0.5) is 15.9 Å². The minimum Gasteiger partial charge on any atom is -0.355 e. The van der Waals surface area contributed by atoms with Gasteiger partial charge in [-0.1, -0.05) is 6.58 Å². The minimum atomic E-state index is -0.717. The zero-order chi connectivity index (χ0) is 20.5. The molecular formula is C22H24FN7. The fraction of sp³-hybridized carbons (Fsp3) is 0.364. The summed E-state index contributed by atoms with van der Waals surface area (Å²) in [6.45, 7) is 6.44. The summed E-state index contributed by atoms with van der Waals surface area (Å²) in [5.74, 6) is 1.45. The lowest BCUT2D eigenvalue weighted by Crippen LogP contribution is -2.30. The maximum atomic E-state index is 13.8. The molecule has 0 radical (unpaired) electrons. The van der Waals surface area contributed by atoms with Crippen molar-refractivity contribution in [3.05, 3.63) is 61.0 Å². The predicted octanol–water partition coefficient (Wildman–Crippen LogP) is 3.77. The summed E-state index contributed by atoms with van der Waals surface area (Å²) in [5.41, 5.74) is 3.85. The number of hydrogen-bond acceptors (Lipinski definition) is 6. The van der Waals surface area contributed by atoms with Gasteiger partial charge in [0.2, 0.25) is 0 Å². The van der Waals surface area contributed by atoms with Crippen LogP contribution in [0.1, 0.15) is 36.9 Å². The SMILES string of the molecule is C=C1c2cn(-c3cnc(N4CCCCC(F)CC4)cn3)nc2CN1c1cccnc1. The molecule has 5 heterocycles. The van der Waals surface area contributed by atoms with Gasteiger partial charge >= 0.3 is 0 Å². The maximum Gasteiger partial charge on any atom is 0.171 e. The molecule has 7 nitrogen and oxygen atoms in total. The molecule has 3 aromatic heterocycles. The number of rotatable bonds is 3. The molecule has 5 rings (SSSR count). The second kappa shape index (κ2) is 7.85. The van der Waals surface area contributed by atoms with Gasteiger partial charge in [0.15, 0.2) is 5.82 Å². The minimum absolute atomic E-state index is 0.546. The Hall–Kier alpha value is -3.29. The highest BCUT2D eigenvalue weighted by Crippen LogP contribution is 2.35. The Morgan fingerprint density at radius 1 is 1.03 bits per heavy atom. The van der Waals surface area contributed by atoms with Crippen LogP contribution in [0.25, 0.3) is 11.5 Å². The Kier molecular flexibility index (Phi) is 4.90. The zero-order valence-corrected chi connectivity index (χ0v) is 16.8. The van der Waals surface area contributed by atoms with Crippen LogP contribution in [0.15, 0.2) is 49.7 Å². The van der Waals surface area contributed by atoms with Crippen LogP contribution in [0.2, 0.25) is 0 Å². The highest BCUT2D eigenvalue weighted by atomic mass is 19.1. The maximum absolute atomic E-state index is 13.8. The number of anilines is 2. The Balaban J connectivity index is 1.32. The van der Waals surface area contributed by atoms with Crippen molar-refractivity contribution < 1.29 is 4.39 Å². The van der Waals surface area contributed by atoms with Crippen LogP contribution in [-0.4, -0.2) is 44.0 Å². The quantitative estimate of drug-likeness (QED) is 0.661. The van der Waals surface area contributed by atoms with Gasteiger partial charge in [-0.15, -0.1) is 0 Å². The van der Waals surface area contributed by atoms with E-state index >= 15 is 0 Å². The molecule has 2 aliphatic heterocycles. The lowest BCUT2D eigenvalue weighted by Gasteiger charge is -2.26. The van der Waals surface area contributed by atoms with E-state index in [1.165, 1.54) is 0 Å². The van der Waals surface area contributed by atoms with Crippen molar-refractivity contribution in [1.82, 2.24) is 24.7 Å². The molecule has 0 amide bonds. The van der Waals surface area contributed by atoms with Gasteiger partial charge in [0, 0.05) is 36.7 Å². The Labute approximate surface area is 174 Å². The molecule has 8 heteroatoms. The third-order valence-electron chi connectivity index (χ3n) is 5.78. The van der Waals surface area contributed by atoms with Crippen LogP contribution in [-0.2, 0) is 6.54 Å². The zero-order valence-electron chi connectivity index (χ0n) is 16.8. The van der Waals surface area contributed by atoms with Gasteiger partial charge in [0.1, 0.15) is 12.0 Å². The molecule has 0 aliphatic carbocycles. The van der Waals surface area contributed by atoms with E-state index in [4.69, 9.17) is 5.10 Å². The Morgan fingerprint density at radius 3 is 2.67 bits per heavy atom. The summed E-state index contributed by atoms with van der Waals surface area (Å²) in [6.07, 6.45) is 11.4. The first-order valence-electron chi connectivity index (χ1n) is 10.4. The van der Waals surface area contributed by atoms with Gasteiger partial charge in [-0.3, -0.25) is 4.98 Å². The normalized spacial score (nSPS) is 19.5. The van der Waals surface area contributed by atoms with Crippen LogP contribution >= 0.6 is 0 Å². The number of alkyl halides is 1. The summed E-state index contributed by atoms with van der Waals surface area (Å²) in [5, 5.41) is 4.69. The van der Waals surface area contributed by atoms with E-state index in [0.29, 0.717) is 31.7 Å². The van der Waals surface area contributed by atoms with Gasteiger partial charge in [0.25, 0.3) is 0 Å². The molecule has 154 valence electrons. The Bertz CT molecular complexity index is 1030. The van der Waals surface area contributed by atoms with Gasteiger partial charge in [0.05, 0.1) is 36.5 Å². The van der Waals surface area contributed by atoms with Gasteiger partial charge < -0.3 is 9.80 Å². The van der Waals surface area contributed by atoms with Crippen molar-refractivity contribution >= 4 is 17.2 Å². The number of aromatic nitrogens is 5. The molecule has 1 unspecified atom stereocenters. The first-order valence-corrected chi connectivity index (χ1v) is 10.4. The summed E-state index contributed by atoms with van der Waals surface area (Å²) in [7, 11) is 0. The van der Waals surface area contributed by atoms with E-state index in [1.807, 2.05) is 24.5 Å². The number of fused-ring (bicyclic) bond motifs is 1. The third-order valence-corrected chi connectivity index (χ3v) is 5.78. The van der Waals surface area contributed by atoms with E-state index in [-0.39, 0.29) is 0 Å². The standard InChI is InChI=1S/C22H24FN7/c1-16-19-14-30(27-20(19)15-29(16)18-6-4-8-24-11-18)22-13-25-21(12-26-22)28-9-3-2-5-17(23)7-10-28/h4,6,8,11-14,17H,1-3,5,7,9-10,15H2. The van der Waals surface area contributed by atoms with Crippen molar-refractivity contribution in [2.75, 3.05) is 22.9 Å². The molecule has 0 N–H and O–H groups in total. The lowest BCUT2D eigenvalue weighted by atomic mass is 10.1. The Morgan fingerprint density at radius 2 is 1.90 bits per heavy atom. The second-order valence-electron chi connectivity index (χ2n) is 7.78. The van der Waals surface area contributed by atoms with Crippen molar-refractivity contribution in [1.29, 1.82) is 0 Å². The van der Waals surface area contributed by atoms with Crippen molar-refractivity contribution in [2.24, 2.45) is 0 Å². The molecule has 2 aliphatic rings. The molecule has 1 saturated heterocycles. The highest BCUT2D eigenvalue weighted by Gasteiger charge is 2.27. The van der Waals surface area contributed by atoms with Crippen molar-refractivity contribution in [3.8, 4) is 5.82 Å². The van der Waals surface area contributed by atoms with Crippen LogP contribution in [0, 0.1) is 0 Å². The smallest absolute Gasteiger partial charge is 0.171 e. The van der Waals surface area contributed by atoms with Crippen LogP contribution < -0.4 is 9.80 Å². The summed E-state index contributed by atoms with van der Waals surface area (Å²) < 4.78 is 15.5. The fourth-order valence-electron chi connectivity index (χ4n) is 4.08. The first kappa shape index (κ1) is 18.7. The van der Waals surface area contributed by atoms with E-state index in [0.717, 1.165) is 47.8 Å². The van der Waals surface area contributed by atoms with E-state index in [9.17, 15) is 4.39 Å². The number of hydrogen-bond donors (Lipinski definition) is 0. The number of halogens is 1. The number of pyridine rings is 1. The lowest BCUT2D eigenvalue weighted by molar-refractivity contribution is 0.281. The van der Waals surface area contributed by atoms with Gasteiger partial charge in [-0.25, -0.2) is 19.0 Å². The highest BCUT2D eigenvalue weighted by molar-refractivity contribution is 5.82. The second-order valence-corrected chi connectivity index (χ2v) is 7.78. The average Bonchev–Trinajstić information content (AvgIpc) is 3.31. The molecule has 0 saturated carbocycles. The summed E-state index contributed by atoms with van der Waals surface area (Å²) in [4.78, 5) is 17.6. The average molecular weight is 405 g/mol. The molecule has 0 bridgehead atoms. The van der Waals surface area contributed by atoms with Crippen molar-refractivity contribution in [2.45, 2.75) is 38.4 Å².